The lowest BCUT2D eigenvalue weighted by molar-refractivity contribution is -0.146. The number of unbranched alkanes of at least 4 members (excludes halogenated alkanes) is 1. The fourth-order valence-corrected chi connectivity index (χ4v) is 1.53. The largest absolute Gasteiger partial charge is 0.465 e. The maximum absolute atomic E-state index is 11.3. The van der Waals surface area contributed by atoms with Crippen molar-refractivity contribution < 1.29 is 9.53 Å². The van der Waals surface area contributed by atoms with E-state index in [0.717, 1.165) is 19.3 Å². The van der Waals surface area contributed by atoms with Gasteiger partial charge in [-0.05, 0) is 25.2 Å². The standard InChI is InChI=1S/C12H22O2/c1-3-5-6-10(4-2)9-14-12(13)11-7-8-11/h10-11H,3-9H2,1-2H3. The summed E-state index contributed by atoms with van der Waals surface area (Å²) < 4.78 is 5.28. The molecule has 0 radical (unpaired) electrons. The van der Waals surface area contributed by atoms with Gasteiger partial charge in [0.05, 0.1) is 12.5 Å². The summed E-state index contributed by atoms with van der Waals surface area (Å²) in [6, 6.07) is 0. The molecule has 0 spiro atoms. The highest BCUT2D eigenvalue weighted by atomic mass is 16.5. The molecule has 1 unspecified atom stereocenters. The predicted octanol–water partition coefficient (Wildman–Crippen LogP) is 3.16. The van der Waals surface area contributed by atoms with Crippen molar-refractivity contribution in [1.82, 2.24) is 0 Å². The van der Waals surface area contributed by atoms with E-state index in [2.05, 4.69) is 13.8 Å². The van der Waals surface area contributed by atoms with Gasteiger partial charge in [0.15, 0.2) is 0 Å². The molecule has 2 heteroatoms. The molecule has 0 bridgehead atoms. The molecule has 0 saturated heterocycles. The van der Waals surface area contributed by atoms with Crippen LogP contribution in [0.4, 0.5) is 0 Å². The van der Waals surface area contributed by atoms with E-state index in [1.54, 1.807) is 0 Å². The van der Waals surface area contributed by atoms with Crippen LogP contribution in [0.5, 0.6) is 0 Å². The number of esters is 1. The van der Waals surface area contributed by atoms with E-state index in [4.69, 9.17) is 4.74 Å². The zero-order valence-electron chi connectivity index (χ0n) is 9.42. The van der Waals surface area contributed by atoms with Crippen LogP contribution in [-0.4, -0.2) is 12.6 Å². The van der Waals surface area contributed by atoms with Crippen molar-refractivity contribution in [2.45, 2.75) is 52.4 Å². The molecule has 0 aromatic heterocycles. The summed E-state index contributed by atoms with van der Waals surface area (Å²) in [7, 11) is 0. The van der Waals surface area contributed by atoms with Crippen LogP contribution in [0.25, 0.3) is 0 Å². The van der Waals surface area contributed by atoms with E-state index >= 15 is 0 Å². The highest BCUT2D eigenvalue weighted by Crippen LogP contribution is 2.30. The Morgan fingerprint density at radius 3 is 2.64 bits per heavy atom. The van der Waals surface area contributed by atoms with Crippen LogP contribution in [0.1, 0.15) is 52.4 Å². The third kappa shape index (κ3) is 4.12. The van der Waals surface area contributed by atoms with Gasteiger partial charge in [0.1, 0.15) is 0 Å². The average Bonchev–Trinajstić information content (AvgIpc) is 3.01. The van der Waals surface area contributed by atoms with E-state index in [1.807, 2.05) is 0 Å². The fourth-order valence-electron chi connectivity index (χ4n) is 1.53. The van der Waals surface area contributed by atoms with Crippen molar-refractivity contribution in [1.29, 1.82) is 0 Å². The zero-order valence-corrected chi connectivity index (χ0v) is 9.42. The molecular formula is C12H22O2. The van der Waals surface area contributed by atoms with E-state index in [9.17, 15) is 4.79 Å². The predicted molar refractivity (Wildman–Crippen MR) is 57.0 cm³/mol. The minimum absolute atomic E-state index is 0.0416. The molecule has 0 heterocycles. The smallest absolute Gasteiger partial charge is 0.308 e. The highest BCUT2D eigenvalue weighted by molar-refractivity contribution is 5.74. The Hall–Kier alpha value is -0.530. The van der Waals surface area contributed by atoms with Gasteiger partial charge in [0.2, 0.25) is 0 Å². The van der Waals surface area contributed by atoms with E-state index in [0.29, 0.717) is 12.5 Å². The molecule has 1 saturated carbocycles. The van der Waals surface area contributed by atoms with Crippen molar-refractivity contribution in [2.75, 3.05) is 6.61 Å². The van der Waals surface area contributed by atoms with Crippen molar-refractivity contribution in [2.24, 2.45) is 11.8 Å². The van der Waals surface area contributed by atoms with E-state index in [-0.39, 0.29) is 11.9 Å². The van der Waals surface area contributed by atoms with Crippen LogP contribution in [-0.2, 0) is 9.53 Å². The van der Waals surface area contributed by atoms with Crippen molar-refractivity contribution in [3.63, 3.8) is 0 Å². The van der Waals surface area contributed by atoms with Gasteiger partial charge in [-0.25, -0.2) is 0 Å². The SMILES string of the molecule is CCCCC(CC)COC(=O)C1CC1. The molecule has 0 aromatic carbocycles. The van der Waals surface area contributed by atoms with Crippen molar-refractivity contribution in [3.8, 4) is 0 Å². The molecule has 1 aliphatic rings. The topological polar surface area (TPSA) is 26.3 Å². The third-order valence-electron chi connectivity index (χ3n) is 2.92. The maximum atomic E-state index is 11.3. The molecule has 14 heavy (non-hydrogen) atoms. The van der Waals surface area contributed by atoms with Crippen LogP contribution in [0, 0.1) is 11.8 Å². The Bertz CT molecular complexity index is 173. The lowest BCUT2D eigenvalue weighted by atomic mass is 10.0. The second-order valence-corrected chi connectivity index (χ2v) is 4.32. The average molecular weight is 198 g/mol. The van der Waals surface area contributed by atoms with Crippen LogP contribution in [0.2, 0.25) is 0 Å². The molecule has 2 nitrogen and oxygen atoms in total. The number of carbonyl (C=O) groups is 1. The lowest BCUT2D eigenvalue weighted by Crippen LogP contribution is -2.14. The van der Waals surface area contributed by atoms with Crippen LogP contribution >= 0.6 is 0 Å². The molecule has 1 aliphatic carbocycles. The van der Waals surface area contributed by atoms with Gasteiger partial charge in [-0.1, -0.05) is 33.1 Å². The summed E-state index contributed by atoms with van der Waals surface area (Å²) in [5.41, 5.74) is 0. The van der Waals surface area contributed by atoms with Crippen LogP contribution < -0.4 is 0 Å². The first-order valence-electron chi connectivity index (χ1n) is 5.94. The van der Waals surface area contributed by atoms with Gasteiger partial charge < -0.3 is 4.74 Å². The summed E-state index contributed by atoms with van der Waals surface area (Å²) >= 11 is 0. The molecule has 82 valence electrons. The summed E-state index contributed by atoms with van der Waals surface area (Å²) in [4.78, 5) is 11.3. The Kier molecular flexibility index (Phi) is 4.99. The normalized spacial score (nSPS) is 17.9. The molecule has 0 aromatic rings. The first-order valence-corrected chi connectivity index (χ1v) is 5.94. The first-order chi connectivity index (χ1) is 6.77. The second-order valence-electron chi connectivity index (χ2n) is 4.32. The van der Waals surface area contributed by atoms with Crippen LogP contribution in [0.15, 0.2) is 0 Å². The van der Waals surface area contributed by atoms with Gasteiger partial charge in [0.25, 0.3) is 0 Å². The molecule has 1 atom stereocenters. The molecule has 0 amide bonds. The Balaban J connectivity index is 2.09. The Labute approximate surface area is 87.0 Å². The minimum atomic E-state index is 0.0416. The molecule has 1 rings (SSSR count). The van der Waals surface area contributed by atoms with Gasteiger partial charge in [-0.15, -0.1) is 0 Å². The molecule has 0 N–H and O–H groups in total. The summed E-state index contributed by atoms with van der Waals surface area (Å²) in [5, 5.41) is 0. The first kappa shape index (κ1) is 11.5. The second kappa shape index (κ2) is 6.05. The quantitative estimate of drug-likeness (QED) is 0.587. The number of rotatable bonds is 7. The maximum Gasteiger partial charge on any atom is 0.308 e. The monoisotopic (exact) mass is 198 g/mol. The zero-order chi connectivity index (χ0) is 10.4. The number of hydrogen-bond acceptors (Lipinski definition) is 2. The van der Waals surface area contributed by atoms with Gasteiger partial charge in [0, 0.05) is 0 Å². The van der Waals surface area contributed by atoms with Crippen LogP contribution in [0.3, 0.4) is 0 Å². The molecular weight excluding hydrogens is 176 g/mol. The summed E-state index contributed by atoms with van der Waals surface area (Å²) in [5.74, 6) is 0.872. The summed E-state index contributed by atoms with van der Waals surface area (Å²) in [6.07, 6.45) is 6.89. The minimum Gasteiger partial charge on any atom is -0.465 e. The number of ether oxygens (including phenoxy) is 1. The fraction of sp³-hybridized carbons (Fsp3) is 0.917. The highest BCUT2D eigenvalue weighted by Gasteiger charge is 2.31. The Morgan fingerprint density at radius 1 is 1.43 bits per heavy atom. The van der Waals surface area contributed by atoms with Gasteiger partial charge >= 0.3 is 5.97 Å². The van der Waals surface area contributed by atoms with Crippen molar-refractivity contribution in [3.05, 3.63) is 0 Å². The number of carbonyl (C=O) groups excluding carboxylic acids is 1. The molecule has 0 aliphatic heterocycles. The number of hydrogen-bond donors (Lipinski definition) is 0. The van der Waals surface area contributed by atoms with E-state index < -0.39 is 0 Å². The van der Waals surface area contributed by atoms with Gasteiger partial charge in [-0.3, -0.25) is 4.79 Å². The third-order valence-corrected chi connectivity index (χ3v) is 2.92. The van der Waals surface area contributed by atoms with Crippen molar-refractivity contribution >= 4 is 5.97 Å². The Morgan fingerprint density at radius 2 is 2.14 bits per heavy atom. The summed E-state index contributed by atoms with van der Waals surface area (Å²) in [6.45, 7) is 5.01. The van der Waals surface area contributed by atoms with E-state index in [1.165, 1.54) is 19.3 Å². The molecule has 1 fully saturated rings. The van der Waals surface area contributed by atoms with Gasteiger partial charge in [-0.2, -0.15) is 0 Å². The lowest BCUT2D eigenvalue weighted by Gasteiger charge is -2.14.